The van der Waals surface area contributed by atoms with Gasteiger partial charge < -0.3 is 0 Å². The van der Waals surface area contributed by atoms with E-state index in [1.54, 1.807) is 22.0 Å². The topological polar surface area (TPSA) is 63.9 Å². The molecule has 4 rings (SSSR count). The first kappa shape index (κ1) is 19.5. The summed E-state index contributed by atoms with van der Waals surface area (Å²) >= 11 is 7.81. The quantitative estimate of drug-likeness (QED) is 0.465. The number of anilines is 1. The zero-order chi connectivity index (χ0) is 20.5. The maximum atomic E-state index is 13.3. The monoisotopic (exact) mass is 425 g/mol. The van der Waals surface area contributed by atoms with Gasteiger partial charge in [0.2, 0.25) is 0 Å². The number of carbonyl (C=O) groups excluding carboxylic acids is 1. The van der Waals surface area contributed by atoms with E-state index in [0.29, 0.717) is 16.7 Å². The van der Waals surface area contributed by atoms with Crippen molar-refractivity contribution >= 4 is 44.2 Å². The van der Waals surface area contributed by atoms with E-state index >= 15 is 0 Å². The van der Waals surface area contributed by atoms with E-state index in [2.05, 4.69) is 10.1 Å². The van der Waals surface area contributed by atoms with Crippen LogP contribution >= 0.6 is 22.9 Å². The number of thiazole rings is 1. The Bertz CT molecular complexity index is 1150. The van der Waals surface area contributed by atoms with Crippen LogP contribution in [0.25, 0.3) is 10.2 Å². The fraction of sp³-hybridized carbons (Fsp3) is 0.238. The van der Waals surface area contributed by atoms with Gasteiger partial charge in [-0.25, -0.2) is 4.98 Å². The van der Waals surface area contributed by atoms with E-state index in [1.165, 1.54) is 11.3 Å². The molecule has 0 N–H and O–H groups in total. The van der Waals surface area contributed by atoms with Crippen LogP contribution in [0.4, 0.5) is 5.13 Å². The molecule has 148 valence electrons. The molecule has 0 fully saturated rings. The van der Waals surface area contributed by atoms with Crippen molar-refractivity contribution in [2.75, 3.05) is 4.90 Å². The standard InChI is InChI=1S/C21H20ClN5OS/c1-13-6-7-17(22)20-19(13)24-21(29-20)26(11-16-5-4-8-23-10-16)18(28)12-27-15(3)9-14(2)25-27/h4-10H,11-12H2,1-3H3. The van der Waals surface area contributed by atoms with Crippen LogP contribution in [-0.4, -0.2) is 25.7 Å². The molecule has 0 unspecified atom stereocenters. The number of aryl methyl sites for hydroxylation is 3. The summed E-state index contributed by atoms with van der Waals surface area (Å²) in [6.45, 7) is 6.37. The molecule has 0 bridgehead atoms. The van der Waals surface area contributed by atoms with Crippen LogP contribution in [0.2, 0.25) is 5.02 Å². The lowest BCUT2D eigenvalue weighted by Crippen LogP contribution is -2.34. The highest BCUT2D eigenvalue weighted by molar-refractivity contribution is 7.23. The van der Waals surface area contributed by atoms with Crippen molar-refractivity contribution in [2.45, 2.75) is 33.9 Å². The van der Waals surface area contributed by atoms with Gasteiger partial charge in [-0.1, -0.05) is 35.1 Å². The Balaban J connectivity index is 1.74. The molecule has 0 atom stereocenters. The number of hydrogen-bond donors (Lipinski definition) is 0. The number of aromatic nitrogens is 4. The second-order valence-corrected chi connectivity index (χ2v) is 8.35. The molecule has 8 heteroatoms. The van der Waals surface area contributed by atoms with Gasteiger partial charge in [-0.3, -0.25) is 19.4 Å². The fourth-order valence-electron chi connectivity index (χ4n) is 3.19. The van der Waals surface area contributed by atoms with Crippen LogP contribution < -0.4 is 4.90 Å². The lowest BCUT2D eigenvalue weighted by Gasteiger charge is -2.20. The number of carbonyl (C=O) groups is 1. The minimum absolute atomic E-state index is 0.0899. The first-order chi connectivity index (χ1) is 13.9. The minimum Gasteiger partial charge on any atom is -0.282 e. The first-order valence-corrected chi connectivity index (χ1v) is 10.4. The molecule has 4 aromatic rings. The van der Waals surface area contributed by atoms with Gasteiger partial charge in [-0.05, 0) is 50.1 Å². The zero-order valence-electron chi connectivity index (χ0n) is 16.4. The van der Waals surface area contributed by atoms with Gasteiger partial charge in [-0.2, -0.15) is 5.10 Å². The third-order valence-corrected chi connectivity index (χ3v) is 6.21. The average Bonchev–Trinajstić information content (AvgIpc) is 3.28. The van der Waals surface area contributed by atoms with Crippen LogP contribution in [0.15, 0.2) is 42.7 Å². The smallest absolute Gasteiger partial charge is 0.250 e. The third kappa shape index (κ3) is 4.02. The Kier molecular flexibility index (Phi) is 5.34. The van der Waals surface area contributed by atoms with E-state index < -0.39 is 0 Å². The molecular weight excluding hydrogens is 406 g/mol. The van der Waals surface area contributed by atoms with E-state index in [4.69, 9.17) is 16.6 Å². The van der Waals surface area contributed by atoms with Crippen molar-refractivity contribution in [3.05, 3.63) is 70.3 Å². The highest BCUT2D eigenvalue weighted by Gasteiger charge is 2.23. The second kappa shape index (κ2) is 7.93. The molecule has 29 heavy (non-hydrogen) atoms. The summed E-state index contributed by atoms with van der Waals surface area (Å²) in [5, 5.41) is 5.68. The number of fused-ring (bicyclic) bond motifs is 1. The Morgan fingerprint density at radius 3 is 2.72 bits per heavy atom. The van der Waals surface area contributed by atoms with Crippen LogP contribution in [-0.2, 0) is 17.9 Å². The largest absolute Gasteiger partial charge is 0.282 e. The van der Waals surface area contributed by atoms with Crippen molar-refractivity contribution in [1.29, 1.82) is 0 Å². The van der Waals surface area contributed by atoms with Crippen molar-refractivity contribution in [2.24, 2.45) is 0 Å². The van der Waals surface area contributed by atoms with Crippen molar-refractivity contribution in [3.63, 3.8) is 0 Å². The number of hydrogen-bond acceptors (Lipinski definition) is 5. The number of benzene rings is 1. The van der Waals surface area contributed by atoms with Gasteiger partial charge in [0.1, 0.15) is 6.54 Å². The molecule has 6 nitrogen and oxygen atoms in total. The fourth-order valence-corrected chi connectivity index (χ4v) is 4.52. The van der Waals surface area contributed by atoms with Gasteiger partial charge in [0.25, 0.3) is 5.91 Å². The number of amides is 1. The average molecular weight is 426 g/mol. The minimum atomic E-state index is -0.0899. The predicted octanol–water partition coefficient (Wildman–Crippen LogP) is 4.70. The molecule has 1 amide bonds. The van der Waals surface area contributed by atoms with Gasteiger partial charge in [-0.15, -0.1) is 0 Å². The molecule has 3 aromatic heterocycles. The normalized spacial score (nSPS) is 11.2. The highest BCUT2D eigenvalue weighted by Crippen LogP contribution is 2.36. The number of halogens is 1. The maximum absolute atomic E-state index is 13.3. The lowest BCUT2D eigenvalue weighted by atomic mass is 10.2. The van der Waals surface area contributed by atoms with E-state index in [9.17, 15) is 4.79 Å². The summed E-state index contributed by atoms with van der Waals surface area (Å²) < 4.78 is 2.61. The van der Waals surface area contributed by atoms with Crippen LogP contribution in [0.5, 0.6) is 0 Å². The first-order valence-electron chi connectivity index (χ1n) is 9.18. The molecule has 0 aliphatic heterocycles. The molecule has 0 aliphatic rings. The molecule has 3 heterocycles. The van der Waals surface area contributed by atoms with Crippen LogP contribution in [0, 0.1) is 20.8 Å². The third-order valence-electron chi connectivity index (χ3n) is 4.67. The summed E-state index contributed by atoms with van der Waals surface area (Å²) in [7, 11) is 0. The van der Waals surface area contributed by atoms with Gasteiger partial charge in [0.15, 0.2) is 5.13 Å². The van der Waals surface area contributed by atoms with Gasteiger partial charge >= 0.3 is 0 Å². The van der Waals surface area contributed by atoms with Gasteiger partial charge in [0.05, 0.1) is 27.5 Å². The van der Waals surface area contributed by atoms with Crippen molar-refractivity contribution in [1.82, 2.24) is 19.7 Å². The summed E-state index contributed by atoms with van der Waals surface area (Å²) in [5.74, 6) is -0.0899. The SMILES string of the molecule is Cc1cc(C)n(CC(=O)N(Cc2cccnc2)c2nc3c(C)ccc(Cl)c3s2)n1. The van der Waals surface area contributed by atoms with Gasteiger partial charge in [0, 0.05) is 18.1 Å². The van der Waals surface area contributed by atoms with E-state index in [1.807, 2.05) is 51.1 Å². The predicted molar refractivity (Wildman–Crippen MR) is 116 cm³/mol. The maximum Gasteiger partial charge on any atom is 0.250 e. The van der Waals surface area contributed by atoms with Crippen molar-refractivity contribution < 1.29 is 4.79 Å². The molecule has 0 radical (unpaired) electrons. The number of rotatable bonds is 5. The zero-order valence-corrected chi connectivity index (χ0v) is 18.0. The molecular formula is C21H20ClN5OS. The summed E-state index contributed by atoms with van der Waals surface area (Å²) in [5.41, 5.74) is 4.61. The van der Waals surface area contributed by atoms with Crippen LogP contribution in [0.3, 0.4) is 0 Å². The van der Waals surface area contributed by atoms with E-state index in [-0.39, 0.29) is 12.5 Å². The molecule has 0 aliphatic carbocycles. The van der Waals surface area contributed by atoms with Crippen molar-refractivity contribution in [3.8, 4) is 0 Å². The molecule has 0 spiro atoms. The Hall–Kier alpha value is -2.77. The lowest BCUT2D eigenvalue weighted by molar-refractivity contribution is -0.119. The highest BCUT2D eigenvalue weighted by atomic mass is 35.5. The Labute approximate surface area is 177 Å². The van der Waals surface area contributed by atoms with Crippen LogP contribution in [0.1, 0.15) is 22.5 Å². The summed E-state index contributed by atoms with van der Waals surface area (Å²) in [6, 6.07) is 9.57. The number of nitrogens with zero attached hydrogens (tertiary/aromatic N) is 5. The Morgan fingerprint density at radius 1 is 1.24 bits per heavy atom. The molecule has 1 aromatic carbocycles. The summed E-state index contributed by atoms with van der Waals surface area (Å²) in [4.78, 5) is 23.9. The number of pyridine rings is 1. The summed E-state index contributed by atoms with van der Waals surface area (Å²) in [6.07, 6.45) is 3.47. The Morgan fingerprint density at radius 2 is 2.07 bits per heavy atom. The molecule has 0 saturated carbocycles. The second-order valence-electron chi connectivity index (χ2n) is 6.96. The molecule has 0 saturated heterocycles. The van der Waals surface area contributed by atoms with E-state index in [0.717, 1.165) is 32.7 Å².